The van der Waals surface area contributed by atoms with Gasteiger partial charge in [0.2, 0.25) is 0 Å². The number of benzene rings is 4. The van der Waals surface area contributed by atoms with Crippen molar-refractivity contribution in [1.82, 2.24) is 14.5 Å². The minimum absolute atomic E-state index is 0.0869. The van der Waals surface area contributed by atoms with Crippen LogP contribution in [0.5, 0.6) is 5.75 Å². The predicted molar refractivity (Wildman–Crippen MR) is 176 cm³/mol. The number of rotatable bonds is 6. The zero-order valence-corrected chi connectivity index (χ0v) is 25.2. The van der Waals surface area contributed by atoms with E-state index in [1.165, 1.54) is 0 Å². The molecule has 0 bridgehead atoms. The van der Waals surface area contributed by atoms with Gasteiger partial charge in [-0.15, -0.1) is 0 Å². The molecule has 0 spiro atoms. The minimum Gasteiger partial charge on any atom is -0.496 e. The lowest BCUT2D eigenvalue weighted by Crippen LogP contribution is -2.31. The Balaban J connectivity index is 1.22. The molecule has 0 saturated carbocycles. The molecule has 0 unspecified atom stereocenters. The predicted octanol–water partition coefficient (Wildman–Crippen LogP) is 7.19. The monoisotopic (exact) mass is 592 g/mol. The van der Waals surface area contributed by atoms with Crippen LogP contribution in [-0.2, 0) is 19.6 Å². The first-order chi connectivity index (χ1) is 22.0. The van der Waals surface area contributed by atoms with Crippen molar-refractivity contribution in [1.29, 1.82) is 0 Å². The first-order valence-corrected chi connectivity index (χ1v) is 14.9. The number of nitrogens with zero attached hydrogens (tertiary/aromatic N) is 4. The van der Waals surface area contributed by atoms with Crippen molar-refractivity contribution in [2.45, 2.75) is 19.6 Å². The first kappa shape index (κ1) is 28.1. The molecule has 0 saturated heterocycles. The average molecular weight is 593 g/mol. The van der Waals surface area contributed by atoms with Gasteiger partial charge in [0.05, 0.1) is 20.2 Å². The highest BCUT2D eigenvalue weighted by Gasteiger charge is 2.28. The quantitative estimate of drug-likeness (QED) is 0.205. The zero-order chi connectivity index (χ0) is 30.9. The van der Waals surface area contributed by atoms with Gasteiger partial charge in [-0.25, -0.2) is 0 Å². The SMILES string of the molecule is COc1cc(C(=O)N2Cc3ccc(C(=O)N(C)Cc4cccnc4)n3Cc3ccccc32)ccc1-c1cccc2ccccc12. The van der Waals surface area contributed by atoms with Crippen molar-refractivity contribution in [2.75, 3.05) is 19.1 Å². The smallest absolute Gasteiger partial charge is 0.270 e. The normalized spacial score (nSPS) is 12.3. The number of hydrogen-bond donors (Lipinski definition) is 0. The Morgan fingerprint density at radius 3 is 2.51 bits per heavy atom. The molecule has 0 fully saturated rings. The molecule has 0 N–H and O–H groups in total. The molecular formula is C38H32N4O3. The molecule has 222 valence electrons. The van der Waals surface area contributed by atoms with Crippen molar-refractivity contribution in [2.24, 2.45) is 0 Å². The molecule has 45 heavy (non-hydrogen) atoms. The van der Waals surface area contributed by atoms with Crippen LogP contribution in [-0.4, -0.2) is 40.4 Å². The summed E-state index contributed by atoms with van der Waals surface area (Å²) in [4.78, 5) is 35.6. The summed E-state index contributed by atoms with van der Waals surface area (Å²) in [6.45, 7) is 1.25. The first-order valence-electron chi connectivity index (χ1n) is 14.9. The largest absolute Gasteiger partial charge is 0.496 e. The summed E-state index contributed by atoms with van der Waals surface area (Å²) in [5.74, 6) is 0.408. The Bertz CT molecular complexity index is 2040. The number of carbonyl (C=O) groups is 2. The van der Waals surface area contributed by atoms with Gasteiger partial charge in [0.25, 0.3) is 11.8 Å². The van der Waals surface area contributed by atoms with E-state index in [0.29, 0.717) is 36.6 Å². The molecule has 0 atom stereocenters. The van der Waals surface area contributed by atoms with E-state index in [-0.39, 0.29) is 11.8 Å². The van der Waals surface area contributed by atoms with Gasteiger partial charge in [-0.2, -0.15) is 0 Å². The Morgan fingerprint density at radius 1 is 0.844 bits per heavy atom. The van der Waals surface area contributed by atoms with Crippen LogP contribution < -0.4 is 9.64 Å². The number of hydrogen-bond acceptors (Lipinski definition) is 4. The second kappa shape index (κ2) is 11.8. The molecule has 3 heterocycles. The van der Waals surface area contributed by atoms with Gasteiger partial charge in [0.1, 0.15) is 11.4 Å². The zero-order valence-electron chi connectivity index (χ0n) is 25.2. The van der Waals surface area contributed by atoms with Crippen molar-refractivity contribution in [3.8, 4) is 16.9 Å². The fourth-order valence-corrected chi connectivity index (χ4v) is 6.22. The van der Waals surface area contributed by atoms with Crippen LogP contribution >= 0.6 is 0 Å². The minimum atomic E-state index is -0.138. The molecule has 7 nitrogen and oxygen atoms in total. The number of pyridine rings is 1. The summed E-state index contributed by atoms with van der Waals surface area (Å²) in [6.07, 6.45) is 3.49. The van der Waals surface area contributed by atoms with Gasteiger partial charge < -0.3 is 19.1 Å². The van der Waals surface area contributed by atoms with E-state index in [4.69, 9.17) is 4.74 Å². The van der Waals surface area contributed by atoms with E-state index in [2.05, 4.69) is 29.2 Å². The van der Waals surface area contributed by atoms with Crippen molar-refractivity contribution >= 4 is 28.3 Å². The molecule has 6 aromatic rings. The van der Waals surface area contributed by atoms with E-state index < -0.39 is 0 Å². The third-order valence-electron chi connectivity index (χ3n) is 8.48. The third-order valence-corrected chi connectivity index (χ3v) is 8.48. The van der Waals surface area contributed by atoms with Crippen LogP contribution in [0.3, 0.4) is 0 Å². The highest BCUT2D eigenvalue weighted by Crippen LogP contribution is 2.37. The Kier molecular flexibility index (Phi) is 7.35. The van der Waals surface area contributed by atoms with Crippen molar-refractivity contribution < 1.29 is 14.3 Å². The average Bonchev–Trinajstić information content (AvgIpc) is 3.40. The summed E-state index contributed by atoms with van der Waals surface area (Å²) in [7, 11) is 3.43. The van der Waals surface area contributed by atoms with Crippen LogP contribution in [0.4, 0.5) is 5.69 Å². The number of anilines is 1. The fourth-order valence-electron chi connectivity index (χ4n) is 6.22. The van der Waals surface area contributed by atoms with Gasteiger partial charge in [0.15, 0.2) is 0 Å². The summed E-state index contributed by atoms with van der Waals surface area (Å²) in [5, 5.41) is 2.26. The molecule has 7 heteroatoms. The lowest BCUT2D eigenvalue weighted by atomic mass is 9.96. The molecule has 2 amide bonds. The summed E-state index contributed by atoms with van der Waals surface area (Å²) in [5.41, 5.74) is 6.72. The summed E-state index contributed by atoms with van der Waals surface area (Å²) >= 11 is 0. The number of carbonyl (C=O) groups excluding carboxylic acids is 2. The number of aromatic nitrogens is 2. The Labute approximate surface area is 261 Å². The Hall–Kier alpha value is -5.69. The maximum Gasteiger partial charge on any atom is 0.270 e. The van der Waals surface area contributed by atoms with Crippen molar-refractivity contribution in [3.05, 3.63) is 150 Å². The van der Waals surface area contributed by atoms with Gasteiger partial charge in [-0.3, -0.25) is 14.6 Å². The van der Waals surface area contributed by atoms with Crippen LogP contribution in [0.25, 0.3) is 21.9 Å². The molecule has 1 aliphatic heterocycles. The van der Waals surface area contributed by atoms with Crippen LogP contribution in [0, 0.1) is 0 Å². The van der Waals surface area contributed by atoms with Crippen molar-refractivity contribution in [3.63, 3.8) is 0 Å². The van der Waals surface area contributed by atoms with E-state index in [9.17, 15) is 9.59 Å². The highest BCUT2D eigenvalue weighted by molar-refractivity contribution is 6.08. The van der Waals surface area contributed by atoms with E-state index >= 15 is 0 Å². The lowest BCUT2D eigenvalue weighted by Gasteiger charge is -2.23. The van der Waals surface area contributed by atoms with Gasteiger partial charge in [0, 0.05) is 48.5 Å². The second-order valence-corrected chi connectivity index (χ2v) is 11.3. The lowest BCUT2D eigenvalue weighted by molar-refractivity contribution is 0.0774. The number of para-hydroxylation sites is 1. The molecule has 2 aromatic heterocycles. The van der Waals surface area contributed by atoms with E-state index in [1.54, 1.807) is 36.4 Å². The fraction of sp³-hybridized carbons (Fsp3) is 0.132. The summed E-state index contributed by atoms with van der Waals surface area (Å²) in [6, 6.07) is 35.6. The third kappa shape index (κ3) is 5.23. The number of methoxy groups -OCH3 is 1. The van der Waals surface area contributed by atoms with Gasteiger partial charge in [-0.1, -0.05) is 66.7 Å². The molecule has 1 aliphatic rings. The Morgan fingerprint density at radius 2 is 1.67 bits per heavy atom. The number of ether oxygens (including phenoxy) is 1. The molecule has 7 rings (SSSR count). The molecular weight excluding hydrogens is 560 g/mol. The maximum absolute atomic E-state index is 14.3. The number of amides is 2. The highest BCUT2D eigenvalue weighted by atomic mass is 16.5. The maximum atomic E-state index is 14.3. The molecule has 0 aliphatic carbocycles. The van der Waals surface area contributed by atoms with Crippen LogP contribution in [0.1, 0.15) is 37.7 Å². The van der Waals surface area contributed by atoms with Gasteiger partial charge >= 0.3 is 0 Å². The van der Waals surface area contributed by atoms with E-state index in [1.807, 2.05) is 89.5 Å². The second-order valence-electron chi connectivity index (χ2n) is 11.3. The topological polar surface area (TPSA) is 67.7 Å². The summed E-state index contributed by atoms with van der Waals surface area (Å²) < 4.78 is 7.88. The molecule has 0 radical (unpaired) electrons. The van der Waals surface area contributed by atoms with Crippen LogP contribution in [0.15, 0.2) is 122 Å². The van der Waals surface area contributed by atoms with E-state index in [0.717, 1.165) is 44.4 Å². The standard InChI is InChI=1S/C38H32N4O3/c1-40(23-26-9-8-20-39-22-26)38(44)35-19-17-30-25-42(34-15-6-4-11-29(34)24-41(30)35)37(43)28-16-18-33(36(21-28)45-2)32-14-7-12-27-10-3-5-13-31(27)32/h3-22H,23-25H2,1-2H3. The molecule has 4 aromatic carbocycles. The van der Waals surface area contributed by atoms with Crippen LogP contribution in [0.2, 0.25) is 0 Å². The van der Waals surface area contributed by atoms with Gasteiger partial charge in [-0.05, 0) is 69.9 Å². The number of fused-ring (bicyclic) bond motifs is 3.